The maximum absolute atomic E-state index is 11.9. The largest absolute Gasteiger partial charge is 0.502 e. The van der Waals surface area contributed by atoms with Gasteiger partial charge in [0.1, 0.15) is 5.75 Å². The highest BCUT2D eigenvalue weighted by atomic mass is 35.5. The fourth-order valence-electron chi connectivity index (χ4n) is 1.91. The first-order valence-electron chi connectivity index (χ1n) is 7.23. The Morgan fingerprint density at radius 3 is 2.58 bits per heavy atom. The molecule has 10 heteroatoms. The Morgan fingerprint density at radius 1 is 1.23 bits per heavy atom. The zero-order valence-corrected chi connectivity index (χ0v) is 14.2. The van der Waals surface area contributed by atoms with Gasteiger partial charge in [-0.3, -0.25) is 30.6 Å². The third-order valence-corrected chi connectivity index (χ3v) is 3.67. The highest BCUT2D eigenvalue weighted by Gasteiger charge is 2.16. The van der Waals surface area contributed by atoms with E-state index in [1.807, 2.05) is 0 Å². The minimum atomic E-state index is -0.783. The first kappa shape index (κ1) is 19.0. The Kier molecular flexibility index (Phi) is 5.97. The molecule has 0 aliphatic rings. The van der Waals surface area contributed by atoms with Crippen molar-refractivity contribution in [3.05, 3.63) is 62.7 Å². The second kappa shape index (κ2) is 8.17. The summed E-state index contributed by atoms with van der Waals surface area (Å²) in [6, 6.07) is 7.94. The fraction of sp³-hybridized carbons (Fsp3) is 0.125. The van der Waals surface area contributed by atoms with Crippen molar-refractivity contribution in [1.82, 2.24) is 10.9 Å². The summed E-state index contributed by atoms with van der Waals surface area (Å²) in [5.41, 5.74) is 4.43. The number of nitro benzene ring substituents is 1. The zero-order valence-electron chi connectivity index (χ0n) is 13.5. The molecule has 2 aromatic rings. The summed E-state index contributed by atoms with van der Waals surface area (Å²) in [6.45, 7) is 1.43. The molecule has 3 N–H and O–H groups in total. The first-order valence-corrected chi connectivity index (χ1v) is 7.61. The van der Waals surface area contributed by atoms with Gasteiger partial charge in [-0.05, 0) is 42.8 Å². The van der Waals surface area contributed by atoms with Gasteiger partial charge in [0, 0.05) is 16.7 Å². The van der Waals surface area contributed by atoms with Crippen molar-refractivity contribution in [1.29, 1.82) is 0 Å². The fourth-order valence-corrected chi connectivity index (χ4v) is 2.03. The van der Waals surface area contributed by atoms with E-state index in [2.05, 4.69) is 10.9 Å². The molecule has 0 heterocycles. The van der Waals surface area contributed by atoms with Crippen LogP contribution in [0.3, 0.4) is 0 Å². The molecule has 0 aliphatic heterocycles. The molecule has 0 bridgehead atoms. The number of hydrazine groups is 1. The number of aromatic hydroxyl groups is 1. The third kappa shape index (κ3) is 4.84. The minimum Gasteiger partial charge on any atom is -0.502 e. The number of ether oxygens (including phenoxy) is 1. The molecule has 2 amide bonds. The van der Waals surface area contributed by atoms with Crippen LogP contribution in [0.4, 0.5) is 5.69 Å². The van der Waals surface area contributed by atoms with E-state index < -0.39 is 28.2 Å². The molecule has 0 aromatic heterocycles. The standard InChI is InChI=1S/C16H14ClN3O6/c1-9-6-11(3-4-12(9)17)26-8-15(22)18-19-16(23)10-2-5-13(20(24)25)14(21)7-10/h2-7,21H,8H2,1H3,(H,18,22)(H,19,23). The lowest BCUT2D eigenvalue weighted by Crippen LogP contribution is -2.43. The molecular weight excluding hydrogens is 366 g/mol. The van der Waals surface area contributed by atoms with Crippen molar-refractivity contribution in [3.63, 3.8) is 0 Å². The van der Waals surface area contributed by atoms with Crippen LogP contribution in [-0.2, 0) is 4.79 Å². The molecular formula is C16H14ClN3O6. The highest BCUT2D eigenvalue weighted by molar-refractivity contribution is 6.31. The number of nitrogens with one attached hydrogen (secondary N) is 2. The number of carbonyl (C=O) groups is 2. The van der Waals surface area contributed by atoms with E-state index in [9.17, 15) is 24.8 Å². The normalized spacial score (nSPS) is 10.1. The van der Waals surface area contributed by atoms with Crippen molar-refractivity contribution in [3.8, 4) is 11.5 Å². The molecule has 0 fully saturated rings. The average molecular weight is 380 g/mol. The van der Waals surface area contributed by atoms with E-state index in [0.29, 0.717) is 10.8 Å². The molecule has 0 unspecified atom stereocenters. The lowest BCUT2D eigenvalue weighted by Gasteiger charge is -2.10. The van der Waals surface area contributed by atoms with Crippen molar-refractivity contribution in [2.75, 3.05) is 6.61 Å². The van der Waals surface area contributed by atoms with Gasteiger partial charge in [-0.1, -0.05) is 11.6 Å². The van der Waals surface area contributed by atoms with Gasteiger partial charge in [0.15, 0.2) is 12.4 Å². The molecule has 2 rings (SSSR count). The van der Waals surface area contributed by atoms with Crippen LogP contribution in [0.1, 0.15) is 15.9 Å². The molecule has 0 aliphatic carbocycles. The van der Waals surface area contributed by atoms with Gasteiger partial charge in [0.05, 0.1) is 4.92 Å². The summed E-state index contributed by atoms with van der Waals surface area (Å²) in [5, 5.41) is 20.7. The van der Waals surface area contributed by atoms with Gasteiger partial charge in [-0.25, -0.2) is 0 Å². The number of halogens is 1. The number of hydrogen-bond donors (Lipinski definition) is 3. The number of phenolic OH excluding ortho intramolecular Hbond substituents is 1. The van der Waals surface area contributed by atoms with Gasteiger partial charge in [-0.2, -0.15) is 0 Å². The van der Waals surface area contributed by atoms with E-state index in [-0.39, 0.29) is 12.2 Å². The van der Waals surface area contributed by atoms with Crippen LogP contribution in [0.2, 0.25) is 5.02 Å². The van der Waals surface area contributed by atoms with Crippen LogP contribution >= 0.6 is 11.6 Å². The maximum Gasteiger partial charge on any atom is 0.310 e. The number of rotatable bonds is 5. The molecule has 0 atom stereocenters. The van der Waals surface area contributed by atoms with Crippen LogP contribution in [0.5, 0.6) is 11.5 Å². The number of phenols is 1. The smallest absolute Gasteiger partial charge is 0.310 e. The topological polar surface area (TPSA) is 131 Å². The number of benzene rings is 2. The molecule has 136 valence electrons. The Morgan fingerprint density at radius 2 is 1.96 bits per heavy atom. The summed E-state index contributed by atoms with van der Waals surface area (Å²) in [6.07, 6.45) is 0. The zero-order chi connectivity index (χ0) is 19.3. The maximum atomic E-state index is 11.9. The van der Waals surface area contributed by atoms with Gasteiger partial charge in [0.25, 0.3) is 11.8 Å². The summed E-state index contributed by atoms with van der Waals surface area (Å²) in [4.78, 5) is 33.4. The number of aryl methyl sites for hydroxylation is 1. The molecule has 0 radical (unpaired) electrons. The summed E-state index contributed by atoms with van der Waals surface area (Å²) >= 11 is 5.89. The van der Waals surface area contributed by atoms with Gasteiger partial charge < -0.3 is 9.84 Å². The van der Waals surface area contributed by atoms with Crippen molar-refractivity contribution in [2.45, 2.75) is 6.92 Å². The SMILES string of the molecule is Cc1cc(OCC(=O)NNC(=O)c2ccc([N+](=O)[O-])c(O)c2)ccc1Cl. The molecule has 2 aromatic carbocycles. The summed E-state index contributed by atoms with van der Waals surface area (Å²) in [7, 11) is 0. The number of carbonyl (C=O) groups excluding carboxylic acids is 2. The first-order chi connectivity index (χ1) is 12.3. The molecule has 0 saturated heterocycles. The molecule has 0 spiro atoms. The minimum absolute atomic E-state index is 0.0670. The van der Waals surface area contributed by atoms with Crippen molar-refractivity contribution in [2.24, 2.45) is 0 Å². The van der Waals surface area contributed by atoms with E-state index in [4.69, 9.17) is 16.3 Å². The van der Waals surface area contributed by atoms with E-state index in [1.165, 1.54) is 0 Å². The quantitative estimate of drug-likeness (QED) is 0.538. The molecule has 26 heavy (non-hydrogen) atoms. The van der Waals surface area contributed by atoms with Crippen molar-refractivity contribution >= 4 is 29.1 Å². The lowest BCUT2D eigenvalue weighted by atomic mass is 10.2. The summed E-state index contributed by atoms with van der Waals surface area (Å²) in [5.74, 6) is -1.60. The van der Waals surface area contributed by atoms with E-state index in [1.54, 1.807) is 25.1 Å². The number of nitro groups is 1. The summed E-state index contributed by atoms with van der Waals surface area (Å²) < 4.78 is 5.27. The number of hydrogen-bond acceptors (Lipinski definition) is 6. The van der Waals surface area contributed by atoms with Gasteiger partial charge in [-0.15, -0.1) is 0 Å². The average Bonchev–Trinajstić information content (AvgIpc) is 2.60. The second-order valence-electron chi connectivity index (χ2n) is 5.16. The van der Waals surface area contributed by atoms with Crippen LogP contribution < -0.4 is 15.6 Å². The molecule has 9 nitrogen and oxygen atoms in total. The number of nitrogens with zero attached hydrogens (tertiary/aromatic N) is 1. The number of amides is 2. The predicted octanol–water partition coefficient (Wildman–Crippen LogP) is 2.10. The molecule has 0 saturated carbocycles. The Labute approximate surface area is 152 Å². The Bertz CT molecular complexity index is 871. The Hall–Kier alpha value is -3.33. The van der Waals surface area contributed by atoms with Crippen LogP contribution in [0.25, 0.3) is 0 Å². The Balaban J connectivity index is 1.86. The monoisotopic (exact) mass is 379 g/mol. The van der Waals surface area contributed by atoms with Crippen LogP contribution in [-0.4, -0.2) is 28.5 Å². The van der Waals surface area contributed by atoms with Crippen LogP contribution in [0, 0.1) is 17.0 Å². The van der Waals surface area contributed by atoms with E-state index in [0.717, 1.165) is 23.8 Å². The van der Waals surface area contributed by atoms with Gasteiger partial charge in [0.2, 0.25) is 0 Å². The predicted molar refractivity (Wildman–Crippen MR) is 92.1 cm³/mol. The van der Waals surface area contributed by atoms with Crippen LogP contribution in [0.15, 0.2) is 36.4 Å². The highest BCUT2D eigenvalue weighted by Crippen LogP contribution is 2.26. The van der Waals surface area contributed by atoms with E-state index >= 15 is 0 Å². The van der Waals surface area contributed by atoms with Crippen molar-refractivity contribution < 1.29 is 24.4 Å². The van der Waals surface area contributed by atoms with Gasteiger partial charge >= 0.3 is 5.69 Å². The third-order valence-electron chi connectivity index (χ3n) is 3.25. The second-order valence-corrected chi connectivity index (χ2v) is 5.57. The lowest BCUT2D eigenvalue weighted by molar-refractivity contribution is -0.385.